The van der Waals surface area contributed by atoms with Crippen molar-refractivity contribution >= 4 is 40.5 Å². The number of ether oxygens (including phenoxy) is 2. The van der Waals surface area contributed by atoms with E-state index in [0.29, 0.717) is 27.8 Å². The first-order valence-corrected chi connectivity index (χ1v) is 7.42. The Bertz CT molecular complexity index is 737. The second kappa shape index (κ2) is 7.80. The van der Waals surface area contributed by atoms with Gasteiger partial charge in [0.15, 0.2) is 5.11 Å². The van der Waals surface area contributed by atoms with Gasteiger partial charge >= 0.3 is 0 Å². The number of amides is 1. The number of halogens is 1. The lowest BCUT2D eigenvalue weighted by Crippen LogP contribution is -2.34. The molecule has 0 saturated heterocycles. The number of carbonyl (C=O) groups is 1. The van der Waals surface area contributed by atoms with Gasteiger partial charge in [-0.05, 0) is 42.5 Å². The first-order chi connectivity index (χ1) is 11.0. The van der Waals surface area contributed by atoms with Crippen molar-refractivity contribution in [2.75, 3.05) is 19.5 Å². The monoisotopic (exact) mass is 350 g/mol. The fourth-order valence-electron chi connectivity index (χ4n) is 1.89. The van der Waals surface area contributed by atoms with E-state index in [1.54, 1.807) is 49.6 Å². The van der Waals surface area contributed by atoms with Crippen molar-refractivity contribution in [1.29, 1.82) is 0 Å². The number of rotatable bonds is 4. The zero-order valence-electron chi connectivity index (χ0n) is 12.6. The smallest absolute Gasteiger partial charge is 0.261 e. The molecule has 2 rings (SSSR count). The molecular formula is C16H15ClN2O3S. The molecule has 0 aliphatic heterocycles. The third kappa shape index (κ3) is 4.58. The van der Waals surface area contributed by atoms with Crippen molar-refractivity contribution in [1.82, 2.24) is 5.32 Å². The van der Waals surface area contributed by atoms with Crippen LogP contribution in [0.15, 0.2) is 42.5 Å². The van der Waals surface area contributed by atoms with Crippen LogP contribution in [-0.4, -0.2) is 25.2 Å². The molecule has 2 N–H and O–H groups in total. The summed E-state index contributed by atoms with van der Waals surface area (Å²) in [6.07, 6.45) is 0. The van der Waals surface area contributed by atoms with Crippen molar-refractivity contribution in [2.45, 2.75) is 0 Å². The Morgan fingerprint density at radius 3 is 2.57 bits per heavy atom. The predicted octanol–water partition coefficient (Wildman–Crippen LogP) is 3.48. The molecule has 0 radical (unpaired) electrons. The third-order valence-electron chi connectivity index (χ3n) is 2.96. The molecular weight excluding hydrogens is 336 g/mol. The van der Waals surface area contributed by atoms with E-state index in [2.05, 4.69) is 10.6 Å². The number of thiocarbonyl (C=S) groups is 1. The fraction of sp³-hybridized carbons (Fsp3) is 0.125. The highest BCUT2D eigenvalue weighted by molar-refractivity contribution is 7.80. The van der Waals surface area contributed by atoms with Gasteiger partial charge in [0.2, 0.25) is 0 Å². The fourth-order valence-corrected chi connectivity index (χ4v) is 2.29. The molecule has 1 amide bonds. The molecule has 0 aliphatic rings. The van der Waals surface area contributed by atoms with Crippen LogP contribution in [0.3, 0.4) is 0 Å². The van der Waals surface area contributed by atoms with Crippen LogP contribution in [0.4, 0.5) is 5.69 Å². The van der Waals surface area contributed by atoms with Crippen molar-refractivity contribution in [2.24, 2.45) is 0 Å². The zero-order chi connectivity index (χ0) is 16.8. The SMILES string of the molecule is COc1ccc(C(=O)NC(=S)Nc2cccc(Cl)c2)c(OC)c1. The molecule has 0 atom stereocenters. The lowest BCUT2D eigenvalue weighted by Gasteiger charge is -2.12. The minimum absolute atomic E-state index is 0.162. The molecule has 5 nitrogen and oxygen atoms in total. The molecule has 0 heterocycles. The Balaban J connectivity index is 2.08. The van der Waals surface area contributed by atoms with Crippen molar-refractivity contribution in [3.8, 4) is 11.5 Å². The summed E-state index contributed by atoms with van der Waals surface area (Å²) < 4.78 is 10.3. The first-order valence-electron chi connectivity index (χ1n) is 6.63. The summed E-state index contributed by atoms with van der Waals surface area (Å²) in [5, 5.41) is 6.22. The van der Waals surface area contributed by atoms with Crippen LogP contribution in [0.25, 0.3) is 0 Å². The molecule has 0 fully saturated rings. The van der Waals surface area contributed by atoms with E-state index in [0.717, 1.165) is 0 Å². The Kier molecular flexibility index (Phi) is 5.78. The third-order valence-corrected chi connectivity index (χ3v) is 3.40. The number of benzene rings is 2. The van der Waals surface area contributed by atoms with E-state index in [1.807, 2.05) is 0 Å². The average molecular weight is 351 g/mol. The second-order valence-electron chi connectivity index (χ2n) is 4.48. The molecule has 0 saturated carbocycles. The number of hydrogen-bond acceptors (Lipinski definition) is 4. The molecule has 2 aromatic carbocycles. The minimum atomic E-state index is -0.385. The lowest BCUT2D eigenvalue weighted by atomic mass is 10.2. The molecule has 120 valence electrons. The highest BCUT2D eigenvalue weighted by Crippen LogP contribution is 2.24. The summed E-state index contributed by atoms with van der Waals surface area (Å²) in [4.78, 5) is 12.3. The molecule has 7 heteroatoms. The maximum atomic E-state index is 12.3. The van der Waals surface area contributed by atoms with Crippen LogP contribution in [-0.2, 0) is 0 Å². The molecule has 0 aliphatic carbocycles. The van der Waals surface area contributed by atoms with Gasteiger partial charge in [-0.2, -0.15) is 0 Å². The molecule has 23 heavy (non-hydrogen) atoms. The van der Waals surface area contributed by atoms with Gasteiger partial charge in [-0.15, -0.1) is 0 Å². The minimum Gasteiger partial charge on any atom is -0.497 e. The lowest BCUT2D eigenvalue weighted by molar-refractivity contribution is 0.0974. The highest BCUT2D eigenvalue weighted by atomic mass is 35.5. The van der Waals surface area contributed by atoms with Crippen molar-refractivity contribution in [3.05, 3.63) is 53.1 Å². The highest BCUT2D eigenvalue weighted by Gasteiger charge is 2.14. The number of nitrogens with one attached hydrogen (secondary N) is 2. The van der Waals surface area contributed by atoms with Gasteiger partial charge in [0.1, 0.15) is 11.5 Å². The largest absolute Gasteiger partial charge is 0.497 e. The van der Waals surface area contributed by atoms with Gasteiger partial charge in [-0.1, -0.05) is 17.7 Å². The van der Waals surface area contributed by atoms with Gasteiger partial charge in [0, 0.05) is 16.8 Å². The van der Waals surface area contributed by atoms with Crippen LogP contribution in [0, 0.1) is 0 Å². The van der Waals surface area contributed by atoms with E-state index in [9.17, 15) is 4.79 Å². The normalized spacial score (nSPS) is 9.87. The van der Waals surface area contributed by atoms with Crippen molar-refractivity contribution in [3.63, 3.8) is 0 Å². The zero-order valence-corrected chi connectivity index (χ0v) is 14.1. The van der Waals surface area contributed by atoms with Gasteiger partial charge in [-0.25, -0.2) is 0 Å². The Hall–Kier alpha value is -2.31. The predicted molar refractivity (Wildman–Crippen MR) is 94.7 cm³/mol. The second-order valence-corrected chi connectivity index (χ2v) is 5.33. The molecule has 0 unspecified atom stereocenters. The average Bonchev–Trinajstić information content (AvgIpc) is 2.53. The summed E-state index contributed by atoms with van der Waals surface area (Å²) in [7, 11) is 3.02. The first kappa shape index (κ1) is 17.1. The standard InChI is InChI=1S/C16H15ClN2O3S/c1-21-12-6-7-13(14(9-12)22-2)15(20)19-16(23)18-11-5-3-4-10(17)8-11/h3-9H,1-2H3,(H2,18,19,20,23). The van der Waals surface area contributed by atoms with Crippen LogP contribution in [0.2, 0.25) is 5.02 Å². The summed E-state index contributed by atoms with van der Waals surface area (Å²) in [5.74, 6) is 0.606. The number of methoxy groups -OCH3 is 2. The van der Waals surface area contributed by atoms with Gasteiger partial charge < -0.3 is 14.8 Å². The van der Waals surface area contributed by atoms with Crippen LogP contribution >= 0.6 is 23.8 Å². The van der Waals surface area contributed by atoms with Gasteiger partial charge in [0.05, 0.1) is 19.8 Å². The molecule has 0 bridgehead atoms. The molecule has 2 aromatic rings. The van der Waals surface area contributed by atoms with Gasteiger partial charge in [-0.3, -0.25) is 10.1 Å². The topological polar surface area (TPSA) is 59.6 Å². The van der Waals surface area contributed by atoms with Crippen LogP contribution in [0.1, 0.15) is 10.4 Å². The van der Waals surface area contributed by atoms with E-state index in [1.165, 1.54) is 7.11 Å². The van der Waals surface area contributed by atoms with Crippen LogP contribution in [0.5, 0.6) is 11.5 Å². The summed E-state index contributed by atoms with van der Waals surface area (Å²) >= 11 is 11.0. The summed E-state index contributed by atoms with van der Waals surface area (Å²) in [5.41, 5.74) is 1.04. The van der Waals surface area contributed by atoms with E-state index in [4.69, 9.17) is 33.3 Å². The maximum absolute atomic E-state index is 12.3. The number of anilines is 1. The maximum Gasteiger partial charge on any atom is 0.261 e. The quantitative estimate of drug-likeness (QED) is 0.827. The van der Waals surface area contributed by atoms with Gasteiger partial charge in [0.25, 0.3) is 5.91 Å². The Morgan fingerprint density at radius 2 is 1.91 bits per heavy atom. The molecule has 0 spiro atoms. The Morgan fingerprint density at radius 1 is 1.13 bits per heavy atom. The number of hydrogen-bond donors (Lipinski definition) is 2. The molecule has 0 aromatic heterocycles. The van der Waals surface area contributed by atoms with Crippen LogP contribution < -0.4 is 20.1 Å². The van der Waals surface area contributed by atoms with Crippen molar-refractivity contribution < 1.29 is 14.3 Å². The summed E-state index contributed by atoms with van der Waals surface area (Å²) in [6, 6.07) is 11.9. The van der Waals surface area contributed by atoms with E-state index >= 15 is 0 Å². The summed E-state index contributed by atoms with van der Waals surface area (Å²) in [6.45, 7) is 0. The Labute approximate surface area is 144 Å². The van der Waals surface area contributed by atoms with E-state index in [-0.39, 0.29) is 11.0 Å². The van der Waals surface area contributed by atoms with E-state index < -0.39 is 0 Å². The number of carbonyl (C=O) groups excluding carboxylic acids is 1.